The third kappa shape index (κ3) is 2.96. The lowest BCUT2D eigenvalue weighted by Gasteiger charge is -2.26. The highest BCUT2D eigenvalue weighted by Gasteiger charge is 2.19. The van der Waals surface area contributed by atoms with Crippen molar-refractivity contribution in [2.24, 2.45) is 11.7 Å². The first kappa shape index (κ1) is 12.3. The molecular weight excluding hydrogens is 221 g/mol. The Balaban J connectivity index is 2.07. The Bertz CT molecular complexity index is 380. The van der Waals surface area contributed by atoms with Gasteiger partial charge in [-0.3, -0.25) is 0 Å². The summed E-state index contributed by atoms with van der Waals surface area (Å²) in [6.07, 6.45) is 2.77. The third-order valence-electron chi connectivity index (χ3n) is 3.25. The average molecular weight is 239 g/mol. The number of hydrogen-bond acceptors (Lipinski definition) is 3. The number of benzene rings is 1. The largest absolute Gasteiger partial charge is 0.493 e. The third-order valence-corrected chi connectivity index (χ3v) is 3.25. The van der Waals surface area contributed by atoms with Crippen molar-refractivity contribution in [1.82, 2.24) is 0 Å². The molecular formula is C13H18FNO2. The molecule has 0 amide bonds. The summed E-state index contributed by atoms with van der Waals surface area (Å²) in [7, 11) is 0. The monoisotopic (exact) mass is 239 g/mol. The van der Waals surface area contributed by atoms with Crippen LogP contribution in [0.3, 0.4) is 0 Å². The molecule has 0 aliphatic heterocycles. The number of aliphatic hydroxyl groups is 1. The normalized spacial score (nSPS) is 17.6. The highest BCUT2D eigenvalue weighted by atomic mass is 19.1. The first-order valence-corrected chi connectivity index (χ1v) is 6.01. The van der Waals surface area contributed by atoms with Crippen molar-refractivity contribution in [2.45, 2.75) is 25.4 Å². The molecule has 1 atom stereocenters. The molecule has 17 heavy (non-hydrogen) atoms. The molecule has 0 heterocycles. The van der Waals surface area contributed by atoms with Crippen molar-refractivity contribution in [3.05, 3.63) is 29.6 Å². The van der Waals surface area contributed by atoms with Crippen LogP contribution in [0.4, 0.5) is 4.39 Å². The van der Waals surface area contributed by atoms with Crippen LogP contribution in [0, 0.1) is 11.7 Å². The van der Waals surface area contributed by atoms with Crippen LogP contribution in [-0.2, 0) is 0 Å². The van der Waals surface area contributed by atoms with Gasteiger partial charge in [-0.25, -0.2) is 4.39 Å². The van der Waals surface area contributed by atoms with Gasteiger partial charge in [0.25, 0.3) is 0 Å². The second-order valence-electron chi connectivity index (χ2n) is 4.54. The van der Waals surface area contributed by atoms with Crippen molar-refractivity contribution in [2.75, 3.05) is 13.2 Å². The van der Waals surface area contributed by atoms with Crippen LogP contribution in [0.2, 0.25) is 0 Å². The molecule has 0 saturated heterocycles. The molecule has 4 heteroatoms. The molecule has 3 N–H and O–H groups in total. The molecule has 0 radical (unpaired) electrons. The van der Waals surface area contributed by atoms with E-state index in [1.54, 1.807) is 6.07 Å². The molecule has 1 unspecified atom stereocenters. The van der Waals surface area contributed by atoms with Gasteiger partial charge in [0.2, 0.25) is 0 Å². The Morgan fingerprint density at radius 3 is 2.82 bits per heavy atom. The predicted molar refractivity (Wildman–Crippen MR) is 63.3 cm³/mol. The van der Waals surface area contributed by atoms with Gasteiger partial charge in [-0.2, -0.15) is 0 Å². The fraction of sp³-hybridized carbons (Fsp3) is 0.538. The van der Waals surface area contributed by atoms with Gasteiger partial charge in [0.05, 0.1) is 12.7 Å². The Kier molecular flexibility index (Phi) is 3.97. The van der Waals surface area contributed by atoms with Crippen LogP contribution in [-0.4, -0.2) is 18.3 Å². The van der Waals surface area contributed by atoms with E-state index in [1.165, 1.54) is 31.4 Å². The van der Waals surface area contributed by atoms with Crippen molar-refractivity contribution in [1.29, 1.82) is 0 Å². The molecule has 1 aromatic carbocycles. The van der Waals surface area contributed by atoms with E-state index in [-0.39, 0.29) is 12.4 Å². The van der Waals surface area contributed by atoms with E-state index in [0.717, 1.165) is 0 Å². The molecule has 1 fully saturated rings. The lowest BCUT2D eigenvalue weighted by Crippen LogP contribution is -2.20. The second kappa shape index (κ2) is 5.47. The number of hydrogen-bond donors (Lipinski definition) is 2. The summed E-state index contributed by atoms with van der Waals surface area (Å²) in [5.74, 6) is 0.752. The number of halogens is 1. The van der Waals surface area contributed by atoms with Crippen LogP contribution in [0.1, 0.15) is 30.9 Å². The molecule has 0 spiro atoms. The van der Waals surface area contributed by atoms with Crippen LogP contribution < -0.4 is 10.5 Å². The maximum Gasteiger partial charge on any atom is 0.125 e. The smallest absolute Gasteiger partial charge is 0.125 e. The van der Waals surface area contributed by atoms with Gasteiger partial charge < -0.3 is 15.6 Å². The van der Waals surface area contributed by atoms with E-state index in [2.05, 4.69) is 0 Å². The Hall–Kier alpha value is -1.13. The summed E-state index contributed by atoms with van der Waals surface area (Å²) in [6.45, 7) is 0.694. The first-order chi connectivity index (χ1) is 8.20. The summed E-state index contributed by atoms with van der Waals surface area (Å²) in [5, 5.41) is 9.70. The lowest BCUT2D eigenvalue weighted by atomic mass is 9.86. The van der Waals surface area contributed by atoms with E-state index < -0.39 is 6.10 Å². The van der Waals surface area contributed by atoms with Gasteiger partial charge in [0.15, 0.2) is 0 Å². The zero-order valence-corrected chi connectivity index (χ0v) is 9.73. The first-order valence-electron chi connectivity index (χ1n) is 6.01. The minimum absolute atomic E-state index is 0.0588. The minimum Gasteiger partial charge on any atom is -0.493 e. The van der Waals surface area contributed by atoms with Crippen LogP contribution >= 0.6 is 0 Å². The fourth-order valence-corrected chi connectivity index (χ4v) is 1.91. The number of ether oxygens (including phenoxy) is 1. The molecule has 1 saturated carbocycles. The van der Waals surface area contributed by atoms with Crippen molar-refractivity contribution < 1.29 is 14.2 Å². The molecule has 1 aliphatic rings. The average Bonchev–Trinajstić information content (AvgIpc) is 2.27. The highest BCUT2D eigenvalue weighted by molar-refractivity contribution is 5.36. The van der Waals surface area contributed by atoms with Crippen molar-refractivity contribution in [3.8, 4) is 5.75 Å². The highest BCUT2D eigenvalue weighted by Crippen LogP contribution is 2.30. The van der Waals surface area contributed by atoms with Crippen LogP contribution in [0.5, 0.6) is 5.75 Å². The molecule has 1 aromatic rings. The van der Waals surface area contributed by atoms with Gasteiger partial charge in [0, 0.05) is 12.1 Å². The summed E-state index contributed by atoms with van der Waals surface area (Å²) in [4.78, 5) is 0. The molecule has 94 valence electrons. The van der Waals surface area contributed by atoms with Gasteiger partial charge in [-0.05, 0) is 37.0 Å². The summed E-state index contributed by atoms with van der Waals surface area (Å²) in [5.41, 5.74) is 5.83. The Labute approximate surface area is 100 Å². The molecule has 3 nitrogen and oxygen atoms in total. The van der Waals surface area contributed by atoms with Crippen molar-refractivity contribution in [3.63, 3.8) is 0 Å². The van der Waals surface area contributed by atoms with E-state index in [1.807, 2.05) is 0 Å². The van der Waals surface area contributed by atoms with E-state index in [0.29, 0.717) is 23.8 Å². The zero-order chi connectivity index (χ0) is 12.3. The SMILES string of the molecule is NCC(O)c1cc(F)ccc1OCC1CCC1. The number of rotatable bonds is 5. The van der Waals surface area contributed by atoms with Gasteiger partial charge in [-0.15, -0.1) is 0 Å². The summed E-state index contributed by atoms with van der Waals surface area (Å²) in [6, 6.07) is 4.18. The lowest BCUT2D eigenvalue weighted by molar-refractivity contribution is 0.159. The maximum atomic E-state index is 13.1. The van der Waals surface area contributed by atoms with E-state index >= 15 is 0 Å². The van der Waals surface area contributed by atoms with Crippen molar-refractivity contribution >= 4 is 0 Å². The number of nitrogens with two attached hydrogens (primary N) is 1. The number of aliphatic hydroxyl groups excluding tert-OH is 1. The Morgan fingerprint density at radius 1 is 1.47 bits per heavy atom. The summed E-state index contributed by atoms with van der Waals surface area (Å²) < 4.78 is 18.7. The minimum atomic E-state index is -0.873. The van der Waals surface area contributed by atoms with Crippen LogP contribution in [0.15, 0.2) is 18.2 Å². The zero-order valence-electron chi connectivity index (χ0n) is 9.73. The quantitative estimate of drug-likeness (QED) is 0.826. The van der Waals surface area contributed by atoms with E-state index in [4.69, 9.17) is 10.5 Å². The summed E-state index contributed by atoms with van der Waals surface area (Å²) >= 11 is 0. The second-order valence-corrected chi connectivity index (χ2v) is 4.54. The van der Waals surface area contributed by atoms with Gasteiger partial charge in [0.1, 0.15) is 11.6 Å². The molecule has 2 rings (SSSR count). The molecule has 0 aromatic heterocycles. The van der Waals surface area contributed by atoms with Gasteiger partial charge >= 0.3 is 0 Å². The standard InChI is InChI=1S/C13H18FNO2/c14-10-4-5-13(11(6-10)12(16)7-15)17-8-9-2-1-3-9/h4-6,9,12,16H,1-3,7-8,15H2. The maximum absolute atomic E-state index is 13.1. The molecule has 0 bridgehead atoms. The van der Waals surface area contributed by atoms with Gasteiger partial charge in [-0.1, -0.05) is 6.42 Å². The predicted octanol–water partition coefficient (Wildman–Crippen LogP) is 2.00. The van der Waals surface area contributed by atoms with E-state index in [9.17, 15) is 9.50 Å². The molecule has 1 aliphatic carbocycles. The Morgan fingerprint density at radius 2 is 2.24 bits per heavy atom. The fourth-order valence-electron chi connectivity index (χ4n) is 1.91. The topological polar surface area (TPSA) is 55.5 Å². The van der Waals surface area contributed by atoms with Crippen LogP contribution in [0.25, 0.3) is 0 Å².